The van der Waals surface area contributed by atoms with Crippen molar-refractivity contribution in [3.8, 4) is 0 Å². The number of aromatic nitrogens is 2. The summed E-state index contributed by atoms with van der Waals surface area (Å²) in [6.45, 7) is 0. The predicted molar refractivity (Wildman–Crippen MR) is 52.3 cm³/mol. The number of rotatable bonds is 3. The summed E-state index contributed by atoms with van der Waals surface area (Å²) >= 11 is 5.67. The fourth-order valence-corrected chi connectivity index (χ4v) is 1.92. The lowest BCUT2D eigenvalue weighted by Gasteiger charge is -2.00. The minimum Gasteiger partial charge on any atom is -0.291 e. The van der Waals surface area contributed by atoms with Crippen LogP contribution < -0.4 is 0 Å². The van der Waals surface area contributed by atoms with Crippen LogP contribution in [0.3, 0.4) is 0 Å². The second kappa shape index (κ2) is 3.70. The average molecular weight is 237 g/mol. The highest BCUT2D eigenvalue weighted by Gasteiger charge is 2.19. The van der Waals surface area contributed by atoms with Gasteiger partial charge in [-0.3, -0.25) is 9.48 Å². The molecule has 0 radical (unpaired) electrons. The van der Waals surface area contributed by atoms with Crippen LogP contribution in [0.2, 0.25) is 5.02 Å². The van der Waals surface area contributed by atoms with Crippen molar-refractivity contribution in [3.05, 3.63) is 16.9 Å². The highest BCUT2D eigenvalue weighted by molar-refractivity contribution is 7.91. The van der Waals surface area contributed by atoms with Crippen LogP contribution in [0.25, 0.3) is 0 Å². The van der Waals surface area contributed by atoms with Crippen LogP contribution in [0.1, 0.15) is 10.5 Å². The Kier molecular flexibility index (Phi) is 2.96. The molecule has 1 heterocycles. The molecule has 0 bridgehead atoms. The number of carbonyl (C=O) groups excluding carboxylic acids is 1. The number of hydrogen-bond acceptors (Lipinski definition) is 4. The first-order valence-electron chi connectivity index (χ1n) is 3.69. The van der Waals surface area contributed by atoms with Crippen molar-refractivity contribution < 1.29 is 13.2 Å². The van der Waals surface area contributed by atoms with Crippen molar-refractivity contribution in [2.24, 2.45) is 7.05 Å². The first-order valence-corrected chi connectivity index (χ1v) is 6.13. The molecule has 0 saturated heterocycles. The summed E-state index contributed by atoms with van der Waals surface area (Å²) in [6, 6.07) is 0. The summed E-state index contributed by atoms with van der Waals surface area (Å²) in [7, 11) is -1.80. The highest BCUT2D eigenvalue weighted by Crippen LogP contribution is 2.14. The van der Waals surface area contributed by atoms with E-state index in [1.807, 2.05) is 0 Å². The van der Waals surface area contributed by atoms with Gasteiger partial charge in [0.2, 0.25) is 0 Å². The first-order chi connectivity index (χ1) is 6.31. The third-order valence-electron chi connectivity index (χ3n) is 1.55. The lowest BCUT2D eigenvalue weighted by atomic mass is 10.3. The molecule has 0 spiro atoms. The Balaban J connectivity index is 3.02. The van der Waals surface area contributed by atoms with Gasteiger partial charge in [-0.05, 0) is 0 Å². The SMILES string of the molecule is Cn1ncc(Cl)c1C(=O)CS(C)(=O)=O. The average Bonchev–Trinajstić information content (AvgIpc) is 2.27. The summed E-state index contributed by atoms with van der Waals surface area (Å²) in [5, 5.41) is 3.90. The quantitative estimate of drug-likeness (QED) is 0.708. The molecule has 0 aliphatic carbocycles. The summed E-state index contributed by atoms with van der Waals surface area (Å²) in [5.74, 6) is -1.09. The Morgan fingerprint density at radius 1 is 1.64 bits per heavy atom. The maximum absolute atomic E-state index is 11.4. The van der Waals surface area contributed by atoms with Gasteiger partial charge in [-0.2, -0.15) is 5.10 Å². The van der Waals surface area contributed by atoms with Crippen molar-refractivity contribution in [1.82, 2.24) is 9.78 Å². The topological polar surface area (TPSA) is 69.0 Å². The molecule has 0 atom stereocenters. The number of sulfone groups is 1. The van der Waals surface area contributed by atoms with Crippen molar-refractivity contribution in [3.63, 3.8) is 0 Å². The van der Waals surface area contributed by atoms with Crippen LogP contribution in [-0.2, 0) is 16.9 Å². The Morgan fingerprint density at radius 3 is 2.57 bits per heavy atom. The largest absolute Gasteiger partial charge is 0.291 e. The molecule has 5 nitrogen and oxygen atoms in total. The Labute approximate surface area is 86.6 Å². The van der Waals surface area contributed by atoms with Gasteiger partial charge in [0, 0.05) is 13.3 Å². The van der Waals surface area contributed by atoms with Gasteiger partial charge in [0.1, 0.15) is 11.4 Å². The van der Waals surface area contributed by atoms with Crippen LogP contribution in [0, 0.1) is 0 Å². The van der Waals surface area contributed by atoms with E-state index in [-0.39, 0.29) is 10.7 Å². The zero-order valence-electron chi connectivity index (χ0n) is 7.69. The fraction of sp³-hybridized carbons (Fsp3) is 0.429. The number of nitrogens with zero attached hydrogens (tertiary/aromatic N) is 2. The molecular formula is C7H9ClN2O3S. The van der Waals surface area contributed by atoms with Gasteiger partial charge >= 0.3 is 0 Å². The third kappa shape index (κ3) is 2.55. The second-order valence-corrected chi connectivity index (χ2v) is 5.51. The molecule has 0 unspecified atom stereocenters. The van der Waals surface area contributed by atoms with Crippen LogP contribution in [0.15, 0.2) is 6.20 Å². The number of aryl methyl sites for hydroxylation is 1. The number of ketones is 1. The molecule has 1 aromatic rings. The lowest BCUT2D eigenvalue weighted by Crippen LogP contribution is -2.17. The predicted octanol–water partition coefficient (Wildman–Crippen LogP) is 0.301. The number of hydrogen-bond donors (Lipinski definition) is 0. The van der Waals surface area contributed by atoms with Crippen molar-refractivity contribution >= 4 is 27.2 Å². The molecule has 78 valence electrons. The third-order valence-corrected chi connectivity index (χ3v) is 2.61. The van der Waals surface area contributed by atoms with E-state index >= 15 is 0 Å². The van der Waals surface area contributed by atoms with Gasteiger partial charge in [-0.1, -0.05) is 11.6 Å². The molecule has 0 aromatic carbocycles. The Morgan fingerprint density at radius 2 is 2.21 bits per heavy atom. The second-order valence-electron chi connectivity index (χ2n) is 2.96. The van der Waals surface area contributed by atoms with Crippen molar-refractivity contribution in [2.45, 2.75) is 0 Å². The first kappa shape index (κ1) is 11.2. The van der Waals surface area contributed by atoms with Crippen LogP contribution >= 0.6 is 11.6 Å². The number of halogens is 1. The van der Waals surface area contributed by atoms with Crippen LogP contribution in [0.4, 0.5) is 0 Å². The van der Waals surface area contributed by atoms with E-state index in [2.05, 4.69) is 5.10 Å². The van der Waals surface area contributed by atoms with Gasteiger partial charge in [-0.15, -0.1) is 0 Å². The minimum atomic E-state index is -3.33. The maximum atomic E-state index is 11.4. The zero-order chi connectivity index (χ0) is 10.9. The fourth-order valence-electron chi connectivity index (χ4n) is 1.03. The van der Waals surface area contributed by atoms with Gasteiger partial charge in [-0.25, -0.2) is 8.42 Å². The zero-order valence-corrected chi connectivity index (χ0v) is 9.26. The van der Waals surface area contributed by atoms with Gasteiger partial charge in [0.05, 0.1) is 11.2 Å². The summed E-state index contributed by atoms with van der Waals surface area (Å²) in [4.78, 5) is 11.4. The van der Waals surface area contributed by atoms with Crippen LogP contribution in [-0.4, -0.2) is 36.0 Å². The van der Waals surface area contributed by atoms with Gasteiger partial charge in [0.15, 0.2) is 15.6 Å². The molecule has 14 heavy (non-hydrogen) atoms. The molecule has 0 fully saturated rings. The molecule has 0 N–H and O–H groups in total. The van der Waals surface area contributed by atoms with Gasteiger partial charge < -0.3 is 0 Å². The van der Waals surface area contributed by atoms with E-state index in [1.54, 1.807) is 0 Å². The molecular weight excluding hydrogens is 228 g/mol. The lowest BCUT2D eigenvalue weighted by molar-refractivity contribution is 0.101. The molecule has 0 saturated carbocycles. The Hall–Kier alpha value is -0.880. The van der Waals surface area contributed by atoms with Crippen molar-refractivity contribution in [2.75, 3.05) is 12.0 Å². The van der Waals surface area contributed by atoms with E-state index in [4.69, 9.17) is 11.6 Å². The highest BCUT2D eigenvalue weighted by atomic mass is 35.5. The van der Waals surface area contributed by atoms with E-state index in [0.717, 1.165) is 6.26 Å². The maximum Gasteiger partial charge on any atom is 0.197 e. The number of Topliss-reactive ketones (excluding diaryl/α,β-unsaturated/α-hetero) is 1. The van der Waals surface area contributed by atoms with Crippen LogP contribution in [0.5, 0.6) is 0 Å². The van der Waals surface area contributed by atoms with E-state index in [9.17, 15) is 13.2 Å². The Bertz CT molecular complexity index is 444. The minimum absolute atomic E-state index is 0.122. The van der Waals surface area contributed by atoms with E-state index < -0.39 is 21.4 Å². The van der Waals surface area contributed by atoms with Crippen molar-refractivity contribution in [1.29, 1.82) is 0 Å². The van der Waals surface area contributed by atoms with E-state index in [1.165, 1.54) is 17.9 Å². The number of carbonyl (C=O) groups is 1. The summed E-state index contributed by atoms with van der Waals surface area (Å²) < 4.78 is 23.0. The molecule has 7 heteroatoms. The summed E-state index contributed by atoms with van der Waals surface area (Å²) in [5.41, 5.74) is 0.122. The molecule has 0 aliphatic rings. The molecule has 1 rings (SSSR count). The molecule has 1 aromatic heterocycles. The monoisotopic (exact) mass is 236 g/mol. The smallest absolute Gasteiger partial charge is 0.197 e. The van der Waals surface area contributed by atoms with Gasteiger partial charge in [0.25, 0.3) is 0 Å². The molecule has 0 aliphatic heterocycles. The molecule has 0 amide bonds. The standard InChI is InChI=1S/C7H9ClN2O3S/c1-10-7(5(8)3-9-10)6(11)4-14(2,12)13/h3H,4H2,1-2H3. The van der Waals surface area contributed by atoms with E-state index in [0.29, 0.717) is 0 Å². The summed E-state index contributed by atoms with van der Waals surface area (Å²) in [6.07, 6.45) is 2.30. The normalized spacial score (nSPS) is 11.6.